The van der Waals surface area contributed by atoms with Crippen LogP contribution >= 0.6 is 11.6 Å². The summed E-state index contributed by atoms with van der Waals surface area (Å²) in [6.45, 7) is 4.37. The highest BCUT2D eigenvalue weighted by molar-refractivity contribution is 6.34. The minimum Gasteiger partial charge on any atom is -0.352 e. The quantitative estimate of drug-likeness (QED) is 0.791. The van der Waals surface area contributed by atoms with Gasteiger partial charge in [-0.05, 0) is 37.6 Å². The minimum atomic E-state index is -0.344. The van der Waals surface area contributed by atoms with Crippen LogP contribution in [0.15, 0.2) is 24.3 Å². The number of aromatic amines is 1. The number of carbonyl (C=O) groups excluding carboxylic acids is 2. The maximum Gasteiger partial charge on any atom is 0.276 e. The van der Waals surface area contributed by atoms with Gasteiger partial charge in [-0.1, -0.05) is 18.5 Å². The maximum atomic E-state index is 12.0. The summed E-state index contributed by atoms with van der Waals surface area (Å²) in [5, 5.41) is 12.3. The van der Waals surface area contributed by atoms with Gasteiger partial charge in [0.05, 0.1) is 10.6 Å². The number of rotatable bonds is 5. The van der Waals surface area contributed by atoms with E-state index < -0.39 is 0 Å². The zero-order valence-corrected chi connectivity index (χ0v) is 13.1. The molecule has 0 radical (unpaired) electrons. The molecule has 116 valence electrons. The van der Waals surface area contributed by atoms with E-state index in [1.165, 1.54) is 0 Å². The number of hydrogen-bond donors (Lipinski definition) is 3. The molecule has 2 amide bonds. The molecular formula is C15H17ClN4O2. The number of nitrogens with zero attached hydrogens (tertiary/aromatic N) is 1. The Morgan fingerprint density at radius 2 is 2.05 bits per heavy atom. The van der Waals surface area contributed by atoms with Crippen molar-refractivity contribution in [2.45, 2.75) is 20.3 Å². The number of anilines is 1. The summed E-state index contributed by atoms with van der Waals surface area (Å²) in [5.41, 5.74) is 1.97. The van der Waals surface area contributed by atoms with E-state index in [-0.39, 0.29) is 16.8 Å². The number of halogens is 1. The average Bonchev–Trinajstić information content (AvgIpc) is 2.91. The minimum absolute atomic E-state index is 0.229. The number of benzene rings is 1. The first kappa shape index (κ1) is 16.0. The average molecular weight is 321 g/mol. The highest BCUT2D eigenvalue weighted by Crippen LogP contribution is 2.21. The molecule has 0 bridgehead atoms. The molecule has 0 aliphatic heterocycles. The van der Waals surface area contributed by atoms with Gasteiger partial charge in [0.2, 0.25) is 0 Å². The van der Waals surface area contributed by atoms with Crippen molar-refractivity contribution in [3.8, 4) is 0 Å². The Balaban J connectivity index is 2.09. The van der Waals surface area contributed by atoms with Crippen LogP contribution in [0.5, 0.6) is 0 Å². The summed E-state index contributed by atoms with van der Waals surface area (Å²) in [6, 6.07) is 6.40. The van der Waals surface area contributed by atoms with Crippen LogP contribution in [0.1, 0.15) is 39.9 Å². The van der Waals surface area contributed by atoms with E-state index >= 15 is 0 Å². The van der Waals surface area contributed by atoms with Crippen LogP contribution in [0.25, 0.3) is 0 Å². The van der Waals surface area contributed by atoms with Gasteiger partial charge >= 0.3 is 0 Å². The molecule has 0 aliphatic rings. The maximum absolute atomic E-state index is 12.0. The van der Waals surface area contributed by atoms with Gasteiger partial charge in [0.1, 0.15) is 0 Å². The third-order valence-electron chi connectivity index (χ3n) is 2.95. The lowest BCUT2D eigenvalue weighted by atomic mass is 10.2. The first-order chi connectivity index (χ1) is 10.5. The van der Waals surface area contributed by atoms with E-state index in [4.69, 9.17) is 11.6 Å². The van der Waals surface area contributed by atoms with Crippen molar-refractivity contribution in [3.63, 3.8) is 0 Å². The zero-order valence-electron chi connectivity index (χ0n) is 12.4. The molecule has 0 saturated heterocycles. The third-order valence-corrected chi connectivity index (χ3v) is 3.26. The van der Waals surface area contributed by atoms with Crippen molar-refractivity contribution in [2.75, 3.05) is 11.9 Å². The SMILES string of the molecule is CCCNC(=O)c1ccc(NC(=O)c2cc(C)[nH]n2)cc1Cl. The van der Waals surface area contributed by atoms with Crippen LogP contribution in [0.3, 0.4) is 0 Å². The molecule has 0 unspecified atom stereocenters. The molecule has 2 aromatic rings. The van der Waals surface area contributed by atoms with Gasteiger partial charge in [-0.25, -0.2) is 0 Å². The Morgan fingerprint density at radius 3 is 2.64 bits per heavy atom. The van der Waals surface area contributed by atoms with Crippen LogP contribution in [-0.4, -0.2) is 28.6 Å². The van der Waals surface area contributed by atoms with Gasteiger partial charge < -0.3 is 10.6 Å². The highest BCUT2D eigenvalue weighted by Gasteiger charge is 2.13. The standard InChI is InChI=1S/C15H17ClN4O2/c1-3-6-17-14(21)11-5-4-10(8-12(11)16)18-15(22)13-7-9(2)19-20-13/h4-5,7-8H,3,6H2,1-2H3,(H,17,21)(H,18,22)(H,19,20). The monoisotopic (exact) mass is 320 g/mol. The molecule has 0 atom stereocenters. The van der Waals surface area contributed by atoms with Crippen LogP contribution in [0, 0.1) is 6.92 Å². The normalized spacial score (nSPS) is 10.3. The van der Waals surface area contributed by atoms with E-state index in [2.05, 4.69) is 20.8 Å². The number of hydrogen-bond acceptors (Lipinski definition) is 3. The van der Waals surface area contributed by atoms with Crippen LogP contribution in [-0.2, 0) is 0 Å². The molecule has 1 aromatic heterocycles. The van der Waals surface area contributed by atoms with Crippen molar-refractivity contribution in [3.05, 3.63) is 46.2 Å². The molecule has 0 fully saturated rings. The first-order valence-corrected chi connectivity index (χ1v) is 7.30. The Labute approximate surface area is 133 Å². The van der Waals surface area contributed by atoms with Crippen molar-refractivity contribution in [1.29, 1.82) is 0 Å². The Hall–Kier alpha value is -2.34. The summed E-state index contributed by atoms with van der Waals surface area (Å²) in [4.78, 5) is 23.9. The predicted molar refractivity (Wildman–Crippen MR) is 85.4 cm³/mol. The molecule has 1 aromatic carbocycles. The van der Waals surface area contributed by atoms with Gasteiger partial charge in [-0.15, -0.1) is 0 Å². The predicted octanol–water partition coefficient (Wildman–Crippen LogP) is 2.76. The lowest BCUT2D eigenvalue weighted by molar-refractivity contribution is 0.0953. The molecule has 6 nitrogen and oxygen atoms in total. The first-order valence-electron chi connectivity index (χ1n) is 6.92. The topological polar surface area (TPSA) is 86.9 Å². The van der Waals surface area contributed by atoms with Crippen molar-refractivity contribution in [1.82, 2.24) is 15.5 Å². The molecular weight excluding hydrogens is 304 g/mol. The van der Waals surface area contributed by atoms with Gasteiger partial charge in [-0.2, -0.15) is 5.10 Å². The van der Waals surface area contributed by atoms with Gasteiger partial charge in [0, 0.05) is 17.9 Å². The molecule has 1 heterocycles. The summed E-state index contributed by atoms with van der Waals surface area (Å²) in [6.07, 6.45) is 0.848. The Bertz CT molecular complexity index is 697. The van der Waals surface area contributed by atoms with E-state index in [9.17, 15) is 9.59 Å². The number of nitrogens with one attached hydrogen (secondary N) is 3. The lowest BCUT2D eigenvalue weighted by Gasteiger charge is -2.08. The summed E-state index contributed by atoms with van der Waals surface area (Å²) in [5.74, 6) is -0.573. The van der Waals surface area contributed by atoms with Gasteiger partial charge in [-0.3, -0.25) is 14.7 Å². The van der Waals surface area contributed by atoms with Crippen LogP contribution < -0.4 is 10.6 Å². The summed E-state index contributed by atoms with van der Waals surface area (Å²) < 4.78 is 0. The largest absolute Gasteiger partial charge is 0.352 e. The Kier molecular flexibility index (Phi) is 5.16. The van der Waals surface area contributed by atoms with Crippen LogP contribution in [0.2, 0.25) is 5.02 Å². The molecule has 0 spiro atoms. The number of aryl methyl sites for hydroxylation is 1. The summed E-state index contributed by atoms with van der Waals surface area (Å²) in [7, 11) is 0. The zero-order chi connectivity index (χ0) is 16.1. The van der Waals surface area contributed by atoms with Crippen molar-refractivity contribution < 1.29 is 9.59 Å². The van der Waals surface area contributed by atoms with Crippen molar-refractivity contribution >= 4 is 29.1 Å². The fraction of sp³-hybridized carbons (Fsp3) is 0.267. The van der Waals surface area contributed by atoms with E-state index in [1.807, 2.05) is 13.8 Å². The second kappa shape index (κ2) is 7.09. The second-order valence-corrected chi connectivity index (χ2v) is 5.25. The van der Waals surface area contributed by atoms with Crippen LogP contribution in [0.4, 0.5) is 5.69 Å². The smallest absolute Gasteiger partial charge is 0.276 e. The van der Waals surface area contributed by atoms with E-state index in [0.717, 1.165) is 12.1 Å². The fourth-order valence-corrected chi connectivity index (χ4v) is 2.11. The van der Waals surface area contributed by atoms with Gasteiger partial charge in [0.15, 0.2) is 5.69 Å². The van der Waals surface area contributed by atoms with Crippen molar-refractivity contribution in [2.24, 2.45) is 0 Å². The number of aromatic nitrogens is 2. The van der Waals surface area contributed by atoms with E-state index in [1.54, 1.807) is 24.3 Å². The second-order valence-electron chi connectivity index (χ2n) is 4.84. The van der Waals surface area contributed by atoms with Gasteiger partial charge in [0.25, 0.3) is 11.8 Å². The Morgan fingerprint density at radius 1 is 1.27 bits per heavy atom. The number of amides is 2. The molecule has 22 heavy (non-hydrogen) atoms. The molecule has 0 saturated carbocycles. The molecule has 3 N–H and O–H groups in total. The number of carbonyl (C=O) groups is 2. The number of H-pyrrole nitrogens is 1. The molecule has 7 heteroatoms. The molecule has 2 rings (SSSR count). The summed E-state index contributed by atoms with van der Waals surface area (Å²) >= 11 is 6.10. The highest BCUT2D eigenvalue weighted by atomic mass is 35.5. The lowest BCUT2D eigenvalue weighted by Crippen LogP contribution is -2.24. The molecule has 0 aliphatic carbocycles. The van der Waals surface area contributed by atoms with E-state index in [0.29, 0.717) is 23.5 Å². The third kappa shape index (κ3) is 3.85. The fourth-order valence-electron chi connectivity index (χ4n) is 1.84.